The summed E-state index contributed by atoms with van der Waals surface area (Å²) in [5, 5.41) is 1.00. The van der Waals surface area contributed by atoms with Crippen molar-refractivity contribution in [1.29, 1.82) is 0 Å². The fraction of sp³-hybridized carbons (Fsp3) is 0.182. The average Bonchev–Trinajstić information content (AvgIpc) is 3.33. The van der Waals surface area contributed by atoms with Crippen molar-refractivity contribution in [2.45, 2.75) is 37.0 Å². The molecule has 2 aromatic carbocycles. The zero-order valence-corrected chi connectivity index (χ0v) is 27.5. The van der Waals surface area contributed by atoms with Crippen molar-refractivity contribution in [3.63, 3.8) is 0 Å². The number of hydrogen-bond acceptors (Lipinski definition) is 4. The van der Waals surface area contributed by atoms with E-state index in [1.54, 1.807) is 18.3 Å². The minimum absolute atomic E-state index is 0. The van der Waals surface area contributed by atoms with Gasteiger partial charge >= 0.3 is 99.8 Å². The first-order chi connectivity index (χ1) is 19.0. The zero-order valence-electron chi connectivity index (χ0n) is 24.0. The van der Waals surface area contributed by atoms with Crippen LogP contribution in [0.15, 0.2) is 89.7 Å². The monoisotopic (exact) mass is 771 g/mol. The minimum Gasteiger partial charge on any atom is 0 e. The summed E-state index contributed by atoms with van der Waals surface area (Å²) in [6.07, 6.45) is 5.08. The molecule has 0 N–H and O–H groups in total. The molecule has 0 saturated heterocycles. The number of benzene rings is 2. The molecule has 0 atom stereocenters. The molecule has 0 fully saturated rings. The van der Waals surface area contributed by atoms with Crippen LogP contribution in [0.4, 0.5) is 4.39 Å². The van der Waals surface area contributed by atoms with Crippen LogP contribution in [0.2, 0.25) is 17.3 Å². The van der Waals surface area contributed by atoms with E-state index in [0.717, 1.165) is 16.8 Å². The van der Waals surface area contributed by atoms with Gasteiger partial charge in [0, 0.05) is 33.9 Å². The summed E-state index contributed by atoms with van der Waals surface area (Å²) < 4.78 is 29.6. The third kappa shape index (κ3) is 6.41. The van der Waals surface area contributed by atoms with E-state index in [2.05, 4.69) is 56.5 Å². The van der Waals surface area contributed by atoms with Gasteiger partial charge in [0.25, 0.3) is 0 Å². The summed E-state index contributed by atoms with van der Waals surface area (Å²) in [6, 6.07) is 27.1. The number of fused-ring (bicyclic) bond motifs is 3. The molecule has 4 heterocycles. The fourth-order valence-electron chi connectivity index (χ4n) is 4.24. The largest absolute Gasteiger partial charge is 0 e. The molecule has 7 heteroatoms. The minimum atomic E-state index is -1.72. The summed E-state index contributed by atoms with van der Waals surface area (Å²) in [4.78, 5) is 13.0. The van der Waals surface area contributed by atoms with Crippen molar-refractivity contribution < 1.29 is 30.3 Å². The van der Waals surface area contributed by atoms with Crippen LogP contribution >= 0.6 is 0 Å². The van der Waals surface area contributed by atoms with Gasteiger partial charge in [-0.3, -0.25) is 0 Å². The number of aromatic nitrogens is 3. The van der Waals surface area contributed by atoms with Crippen molar-refractivity contribution in [3.8, 4) is 22.5 Å². The van der Waals surface area contributed by atoms with Gasteiger partial charge in [0.1, 0.15) is 5.82 Å². The SMILES string of the molecule is [2H]C(C)(C)c1ccnc(-c2[c-]ccc3c2oc2nccc(F)c23)c1.[CH3][Ge]([CH3])([CH3])[c]1ccc(-c2[c-]cccc2)nc1.[Ir]. The Balaban J connectivity index is 0.000000200. The van der Waals surface area contributed by atoms with Crippen LogP contribution in [0.25, 0.3) is 44.6 Å². The summed E-state index contributed by atoms with van der Waals surface area (Å²) >= 11 is -1.72. The maximum absolute atomic E-state index is 14.2. The second-order valence-corrected chi connectivity index (χ2v) is 21.2. The maximum atomic E-state index is 14.2. The Hall–Kier alpha value is -3.19. The molecule has 0 amide bonds. The third-order valence-corrected chi connectivity index (χ3v) is 10.7. The predicted molar refractivity (Wildman–Crippen MR) is 159 cm³/mol. The van der Waals surface area contributed by atoms with E-state index in [0.29, 0.717) is 27.6 Å². The number of hydrogen-bond donors (Lipinski definition) is 0. The zero-order chi connectivity index (χ0) is 28.5. The van der Waals surface area contributed by atoms with E-state index in [1.807, 2.05) is 56.4 Å². The quantitative estimate of drug-likeness (QED) is 0.134. The summed E-state index contributed by atoms with van der Waals surface area (Å²) in [6.45, 7) is 3.63. The molecule has 6 aromatic rings. The predicted octanol–water partition coefficient (Wildman–Crippen LogP) is 8.20. The van der Waals surface area contributed by atoms with Gasteiger partial charge in [0.2, 0.25) is 5.71 Å². The molecule has 0 aliphatic rings. The van der Waals surface area contributed by atoms with Crippen LogP contribution in [0.1, 0.15) is 26.7 Å². The van der Waals surface area contributed by atoms with Gasteiger partial charge in [0.05, 0.1) is 11.0 Å². The van der Waals surface area contributed by atoms with Crippen LogP contribution < -0.4 is 4.40 Å². The van der Waals surface area contributed by atoms with Gasteiger partial charge in [-0.25, -0.2) is 9.37 Å². The Bertz CT molecular complexity index is 1780. The van der Waals surface area contributed by atoms with Gasteiger partial charge < -0.3 is 9.40 Å². The van der Waals surface area contributed by atoms with Gasteiger partial charge in [-0.2, -0.15) is 0 Å². The first kappa shape index (κ1) is 28.3. The fourth-order valence-corrected chi connectivity index (χ4v) is 6.42. The van der Waals surface area contributed by atoms with Gasteiger partial charge in [-0.1, -0.05) is 36.4 Å². The number of nitrogens with zero attached hydrogens (tertiary/aromatic N) is 3. The van der Waals surface area contributed by atoms with E-state index in [-0.39, 0.29) is 31.6 Å². The van der Waals surface area contributed by atoms with E-state index < -0.39 is 19.2 Å². The van der Waals surface area contributed by atoms with Gasteiger partial charge in [-0.15, -0.1) is 18.2 Å². The third-order valence-electron chi connectivity index (χ3n) is 6.49. The average molecular weight is 769 g/mol. The van der Waals surface area contributed by atoms with Crippen LogP contribution in [0.3, 0.4) is 0 Å². The van der Waals surface area contributed by atoms with Crippen molar-refractivity contribution >= 4 is 39.7 Å². The Morgan fingerprint density at radius 3 is 2.38 bits per heavy atom. The number of halogens is 1. The van der Waals surface area contributed by atoms with Crippen LogP contribution in [0.5, 0.6) is 0 Å². The summed E-state index contributed by atoms with van der Waals surface area (Å²) in [5.41, 5.74) is 4.93. The molecule has 205 valence electrons. The van der Waals surface area contributed by atoms with Crippen LogP contribution in [-0.2, 0) is 20.1 Å². The Kier molecular flexibility index (Phi) is 8.89. The van der Waals surface area contributed by atoms with E-state index >= 15 is 0 Å². The topological polar surface area (TPSA) is 51.8 Å². The molecule has 0 unspecified atom stereocenters. The summed E-state index contributed by atoms with van der Waals surface area (Å²) in [5.74, 6) is 6.03. The molecule has 0 aliphatic heterocycles. The van der Waals surface area contributed by atoms with Crippen molar-refractivity contribution in [1.82, 2.24) is 15.0 Å². The molecular weight excluding hydrogens is 738 g/mol. The van der Waals surface area contributed by atoms with Gasteiger partial charge in [0.15, 0.2) is 0 Å². The first-order valence-corrected chi connectivity index (χ1v) is 20.1. The molecule has 0 saturated carbocycles. The molecule has 0 aliphatic carbocycles. The van der Waals surface area contributed by atoms with Crippen LogP contribution in [-0.4, -0.2) is 28.2 Å². The Morgan fingerprint density at radius 2 is 1.70 bits per heavy atom. The van der Waals surface area contributed by atoms with E-state index in [1.165, 1.54) is 16.7 Å². The number of rotatable bonds is 4. The van der Waals surface area contributed by atoms with E-state index in [9.17, 15) is 4.39 Å². The maximum Gasteiger partial charge on any atom is 0 e. The summed E-state index contributed by atoms with van der Waals surface area (Å²) in [7, 11) is 0. The standard InChI is InChI=1S/C19H14FN2O.C14H16GeN.Ir/c1-11(2)12-6-8-21-16(10-12)13-4-3-5-14-17-15(20)7-9-22-19(17)23-18(13)14;1-15(2,3)13-9-10-14(16-11-13)12-7-5-4-6-8-12;/h3,5-11H,1-2H3;4-7,9-11H,1-3H3;/q2*-1;/i11D;;. The molecule has 1 radical (unpaired) electrons. The molecule has 0 bridgehead atoms. The molecule has 0 spiro atoms. The normalized spacial score (nSPS) is 11.9. The van der Waals surface area contributed by atoms with Crippen LogP contribution in [0, 0.1) is 17.9 Å². The molecule has 4 aromatic heterocycles. The van der Waals surface area contributed by atoms with Gasteiger partial charge in [-0.05, 0) is 23.7 Å². The second kappa shape index (κ2) is 12.5. The molecular formula is C33H30FGeIrN3O-2. The second-order valence-electron chi connectivity index (χ2n) is 10.6. The van der Waals surface area contributed by atoms with Crippen molar-refractivity contribution in [2.75, 3.05) is 0 Å². The molecule has 40 heavy (non-hydrogen) atoms. The van der Waals surface area contributed by atoms with Crippen molar-refractivity contribution in [3.05, 3.63) is 109 Å². The van der Waals surface area contributed by atoms with E-state index in [4.69, 9.17) is 5.79 Å². The molecule has 4 nitrogen and oxygen atoms in total. The molecule has 6 rings (SSSR count). The number of furan rings is 1. The number of pyridine rings is 3. The first-order valence-electron chi connectivity index (χ1n) is 13.3. The smallest absolute Gasteiger partial charge is 0 e. The Labute approximate surface area is 252 Å². The van der Waals surface area contributed by atoms with Crippen molar-refractivity contribution in [2.24, 2.45) is 0 Å². The Morgan fingerprint density at radius 1 is 0.900 bits per heavy atom.